The summed E-state index contributed by atoms with van der Waals surface area (Å²) in [6.07, 6.45) is -4.96. The van der Waals surface area contributed by atoms with E-state index in [0.717, 1.165) is 0 Å². The van der Waals surface area contributed by atoms with Crippen molar-refractivity contribution >= 4 is 6.29 Å². The molecular weight excluding hydrogens is 166 g/mol. The Labute approximate surface area is 69.2 Å². The van der Waals surface area contributed by atoms with Gasteiger partial charge in [0.1, 0.15) is 12.2 Å². The highest BCUT2D eigenvalue weighted by molar-refractivity contribution is 5.62. The minimum Gasteiger partial charge on any atom is -0.391 e. The maximum absolute atomic E-state index is 10.1. The van der Waals surface area contributed by atoms with E-state index in [1.54, 1.807) is 0 Å². The fraction of sp³-hybridized carbons (Fsp3) is 0.833. The molecule has 0 heterocycles. The number of hydrogen-bond donors (Lipinski definition) is 5. The SMILES string of the molecule is C[C@H](O)[C@@H](O)[C@@H](O)[C@](N)(O)C=O. The average Bonchev–Trinajstić information content (AvgIpc) is 2.01. The van der Waals surface area contributed by atoms with Crippen LogP contribution in [0.5, 0.6) is 0 Å². The van der Waals surface area contributed by atoms with Crippen LogP contribution < -0.4 is 5.73 Å². The first kappa shape index (κ1) is 11.5. The van der Waals surface area contributed by atoms with Gasteiger partial charge in [0.2, 0.25) is 0 Å². The second-order valence-electron chi connectivity index (χ2n) is 2.68. The van der Waals surface area contributed by atoms with Crippen LogP contribution >= 0.6 is 0 Å². The van der Waals surface area contributed by atoms with E-state index in [2.05, 4.69) is 0 Å². The summed E-state index contributed by atoms with van der Waals surface area (Å²) in [4.78, 5) is 10.1. The lowest BCUT2D eigenvalue weighted by Crippen LogP contribution is -2.59. The predicted octanol–water partition coefficient (Wildman–Crippen LogP) is -3.06. The number of hydrogen-bond acceptors (Lipinski definition) is 6. The normalized spacial score (nSPS) is 23.8. The van der Waals surface area contributed by atoms with Crippen molar-refractivity contribution in [2.75, 3.05) is 0 Å². The number of carbonyl (C=O) groups excluding carboxylic acids is 1. The van der Waals surface area contributed by atoms with Gasteiger partial charge in [-0.15, -0.1) is 0 Å². The minimum absolute atomic E-state index is 0.108. The Bertz CT molecular complexity index is 158. The Morgan fingerprint density at radius 3 is 2.08 bits per heavy atom. The monoisotopic (exact) mass is 179 g/mol. The second-order valence-corrected chi connectivity index (χ2v) is 2.68. The van der Waals surface area contributed by atoms with Crippen LogP contribution in [0.1, 0.15) is 6.92 Å². The maximum atomic E-state index is 10.1. The summed E-state index contributed by atoms with van der Waals surface area (Å²) in [6.45, 7) is 1.19. The lowest BCUT2D eigenvalue weighted by Gasteiger charge is -2.28. The lowest BCUT2D eigenvalue weighted by molar-refractivity contribution is -0.158. The number of rotatable bonds is 4. The molecule has 72 valence electrons. The fourth-order valence-electron chi connectivity index (χ4n) is 0.607. The van der Waals surface area contributed by atoms with Gasteiger partial charge in [0.15, 0.2) is 12.0 Å². The van der Waals surface area contributed by atoms with Crippen LogP contribution in [-0.4, -0.2) is 50.7 Å². The molecule has 4 atom stereocenters. The van der Waals surface area contributed by atoms with Gasteiger partial charge >= 0.3 is 0 Å². The molecule has 0 spiro atoms. The molecule has 0 aliphatic carbocycles. The van der Waals surface area contributed by atoms with Crippen LogP contribution in [0.25, 0.3) is 0 Å². The van der Waals surface area contributed by atoms with Gasteiger partial charge in [0.05, 0.1) is 6.10 Å². The van der Waals surface area contributed by atoms with Crippen molar-refractivity contribution in [1.82, 2.24) is 0 Å². The molecule has 0 bridgehead atoms. The average molecular weight is 179 g/mol. The number of nitrogens with two attached hydrogens (primary N) is 1. The molecule has 6 heteroatoms. The minimum atomic E-state index is -2.53. The van der Waals surface area contributed by atoms with Gasteiger partial charge in [-0.05, 0) is 6.92 Å². The Balaban J connectivity index is 4.37. The van der Waals surface area contributed by atoms with Gasteiger partial charge in [0.25, 0.3) is 0 Å². The quantitative estimate of drug-likeness (QED) is 0.230. The zero-order valence-electron chi connectivity index (χ0n) is 6.58. The molecule has 0 aromatic rings. The summed E-state index contributed by atoms with van der Waals surface area (Å²) >= 11 is 0. The Hall–Kier alpha value is -0.530. The number of aliphatic hydroxyl groups is 4. The first-order chi connectivity index (χ1) is 5.33. The van der Waals surface area contributed by atoms with Gasteiger partial charge < -0.3 is 20.4 Å². The summed E-state index contributed by atoms with van der Waals surface area (Å²) in [6, 6.07) is 0. The molecule has 0 rings (SSSR count). The summed E-state index contributed by atoms with van der Waals surface area (Å²) in [7, 11) is 0. The predicted molar refractivity (Wildman–Crippen MR) is 38.9 cm³/mol. The third-order valence-corrected chi connectivity index (χ3v) is 1.48. The van der Waals surface area contributed by atoms with Crippen molar-refractivity contribution < 1.29 is 25.2 Å². The zero-order valence-corrected chi connectivity index (χ0v) is 6.58. The van der Waals surface area contributed by atoms with Crippen molar-refractivity contribution in [2.45, 2.75) is 31.0 Å². The first-order valence-corrected chi connectivity index (χ1v) is 3.34. The summed E-state index contributed by atoms with van der Waals surface area (Å²) in [5, 5.41) is 35.6. The molecular formula is C6H13NO5. The van der Waals surface area contributed by atoms with Crippen LogP contribution in [-0.2, 0) is 4.79 Å². The van der Waals surface area contributed by atoms with Crippen molar-refractivity contribution in [3.63, 3.8) is 0 Å². The second kappa shape index (κ2) is 3.92. The highest BCUT2D eigenvalue weighted by Crippen LogP contribution is 2.08. The Kier molecular flexibility index (Phi) is 3.75. The molecule has 0 saturated carbocycles. The van der Waals surface area contributed by atoms with Crippen LogP contribution in [0.2, 0.25) is 0 Å². The molecule has 0 aromatic heterocycles. The highest BCUT2D eigenvalue weighted by Gasteiger charge is 2.38. The summed E-state index contributed by atoms with van der Waals surface area (Å²) in [5.74, 6) is 0. The third-order valence-electron chi connectivity index (χ3n) is 1.48. The molecule has 6 nitrogen and oxygen atoms in total. The molecule has 0 unspecified atom stereocenters. The van der Waals surface area contributed by atoms with Crippen LogP contribution in [0.4, 0.5) is 0 Å². The fourth-order valence-corrected chi connectivity index (χ4v) is 0.607. The van der Waals surface area contributed by atoms with E-state index in [1.807, 2.05) is 0 Å². The molecule has 0 saturated heterocycles. The van der Waals surface area contributed by atoms with Gasteiger partial charge in [-0.25, -0.2) is 0 Å². The molecule has 0 aromatic carbocycles. The van der Waals surface area contributed by atoms with E-state index in [4.69, 9.17) is 26.2 Å². The number of aldehydes is 1. The summed E-state index contributed by atoms with van der Waals surface area (Å²) < 4.78 is 0. The topological polar surface area (TPSA) is 124 Å². The largest absolute Gasteiger partial charge is 0.391 e. The number of carbonyl (C=O) groups is 1. The molecule has 0 aliphatic rings. The Morgan fingerprint density at radius 2 is 1.83 bits per heavy atom. The first-order valence-electron chi connectivity index (χ1n) is 3.34. The number of aliphatic hydroxyl groups excluding tert-OH is 3. The maximum Gasteiger partial charge on any atom is 0.199 e. The van der Waals surface area contributed by atoms with Crippen LogP contribution in [0.15, 0.2) is 0 Å². The van der Waals surface area contributed by atoms with Crippen LogP contribution in [0, 0.1) is 0 Å². The molecule has 12 heavy (non-hydrogen) atoms. The van der Waals surface area contributed by atoms with Crippen molar-refractivity contribution in [3.8, 4) is 0 Å². The molecule has 0 amide bonds. The zero-order chi connectivity index (χ0) is 9.94. The molecule has 0 radical (unpaired) electrons. The van der Waals surface area contributed by atoms with Crippen molar-refractivity contribution in [3.05, 3.63) is 0 Å². The molecule has 0 aliphatic heterocycles. The molecule has 6 N–H and O–H groups in total. The smallest absolute Gasteiger partial charge is 0.199 e. The lowest BCUT2D eigenvalue weighted by atomic mass is 10.0. The van der Waals surface area contributed by atoms with E-state index in [-0.39, 0.29) is 6.29 Å². The van der Waals surface area contributed by atoms with E-state index < -0.39 is 24.0 Å². The van der Waals surface area contributed by atoms with E-state index in [9.17, 15) is 4.79 Å². The van der Waals surface area contributed by atoms with Gasteiger partial charge in [-0.3, -0.25) is 10.5 Å². The van der Waals surface area contributed by atoms with E-state index in [0.29, 0.717) is 0 Å². The van der Waals surface area contributed by atoms with Crippen molar-refractivity contribution in [2.24, 2.45) is 5.73 Å². The Morgan fingerprint density at radius 1 is 1.42 bits per heavy atom. The van der Waals surface area contributed by atoms with Gasteiger partial charge in [-0.2, -0.15) is 0 Å². The van der Waals surface area contributed by atoms with E-state index >= 15 is 0 Å². The van der Waals surface area contributed by atoms with Gasteiger partial charge in [-0.1, -0.05) is 0 Å². The van der Waals surface area contributed by atoms with Crippen molar-refractivity contribution in [1.29, 1.82) is 0 Å². The van der Waals surface area contributed by atoms with E-state index in [1.165, 1.54) is 6.92 Å². The standard InChI is InChI=1S/C6H13NO5/c1-3(9)4(10)5(11)6(7,12)2-8/h2-5,9-12H,7H2,1H3/t3-,4+,5+,6+/m0/s1. The molecule has 0 fully saturated rings. The van der Waals surface area contributed by atoms with Gasteiger partial charge in [0, 0.05) is 0 Å². The highest BCUT2D eigenvalue weighted by atomic mass is 16.4. The third kappa shape index (κ3) is 2.50. The van der Waals surface area contributed by atoms with Crippen LogP contribution in [0.3, 0.4) is 0 Å². The summed E-state index contributed by atoms with van der Waals surface area (Å²) in [5.41, 5.74) is 2.33.